The van der Waals surface area contributed by atoms with Crippen LogP contribution in [0, 0.1) is 0 Å². The molecule has 0 radical (unpaired) electrons. The molecule has 1 aromatic heterocycles. The highest BCUT2D eigenvalue weighted by Gasteiger charge is 2.11. The molecule has 0 spiro atoms. The van der Waals surface area contributed by atoms with Crippen molar-refractivity contribution in [3.63, 3.8) is 0 Å². The first-order chi connectivity index (χ1) is 12.5. The van der Waals surface area contributed by atoms with Crippen LogP contribution in [0.1, 0.15) is 29.0 Å². The van der Waals surface area contributed by atoms with Gasteiger partial charge in [-0.2, -0.15) is 8.78 Å². The average Bonchev–Trinajstić information content (AvgIpc) is 3.14. The molecule has 1 heterocycles. The first-order valence-electron chi connectivity index (χ1n) is 8.05. The molecular formula is C18H20F2N2O4. The molecule has 1 aromatic carbocycles. The average molecular weight is 366 g/mol. The van der Waals surface area contributed by atoms with Crippen LogP contribution >= 0.6 is 0 Å². The van der Waals surface area contributed by atoms with Crippen molar-refractivity contribution in [2.75, 3.05) is 13.6 Å². The molecule has 0 aliphatic rings. The highest BCUT2D eigenvalue weighted by molar-refractivity contribution is 5.91. The van der Waals surface area contributed by atoms with E-state index in [-0.39, 0.29) is 29.7 Å². The fourth-order valence-electron chi connectivity index (χ4n) is 2.27. The monoisotopic (exact) mass is 366 g/mol. The number of ether oxygens (including phenoxy) is 1. The molecule has 0 aliphatic carbocycles. The molecule has 140 valence electrons. The van der Waals surface area contributed by atoms with Gasteiger partial charge in [-0.15, -0.1) is 0 Å². The van der Waals surface area contributed by atoms with Gasteiger partial charge in [-0.25, -0.2) is 0 Å². The molecule has 8 heteroatoms. The van der Waals surface area contributed by atoms with Gasteiger partial charge in [0.2, 0.25) is 5.91 Å². The smallest absolute Gasteiger partial charge is 0.387 e. The summed E-state index contributed by atoms with van der Waals surface area (Å²) in [5.74, 6) is -0.0928. The lowest BCUT2D eigenvalue weighted by molar-refractivity contribution is -0.130. The molecule has 2 rings (SSSR count). The molecule has 0 saturated carbocycles. The van der Waals surface area contributed by atoms with E-state index >= 15 is 0 Å². The zero-order valence-electron chi connectivity index (χ0n) is 14.3. The Balaban J connectivity index is 1.69. The first-order valence-corrected chi connectivity index (χ1v) is 8.05. The molecule has 0 unspecified atom stereocenters. The Morgan fingerprint density at radius 2 is 1.96 bits per heavy atom. The van der Waals surface area contributed by atoms with Crippen LogP contribution in [0.2, 0.25) is 0 Å². The van der Waals surface area contributed by atoms with E-state index in [4.69, 9.17) is 4.42 Å². The normalized spacial score (nSPS) is 10.6. The van der Waals surface area contributed by atoms with Gasteiger partial charge in [-0.3, -0.25) is 9.59 Å². The van der Waals surface area contributed by atoms with Gasteiger partial charge in [0, 0.05) is 26.6 Å². The fourth-order valence-corrected chi connectivity index (χ4v) is 2.27. The topological polar surface area (TPSA) is 71.8 Å². The molecule has 2 amide bonds. The van der Waals surface area contributed by atoms with E-state index in [0.717, 1.165) is 5.56 Å². The van der Waals surface area contributed by atoms with Gasteiger partial charge < -0.3 is 19.4 Å². The van der Waals surface area contributed by atoms with Gasteiger partial charge in [-0.1, -0.05) is 12.1 Å². The lowest BCUT2D eigenvalue weighted by atomic mass is 10.2. The largest absolute Gasteiger partial charge is 0.459 e. The van der Waals surface area contributed by atoms with Crippen molar-refractivity contribution < 1.29 is 27.5 Å². The van der Waals surface area contributed by atoms with Gasteiger partial charge in [-0.05, 0) is 36.2 Å². The second-order valence-corrected chi connectivity index (χ2v) is 5.61. The van der Waals surface area contributed by atoms with E-state index in [1.54, 1.807) is 31.3 Å². The fraction of sp³-hybridized carbons (Fsp3) is 0.333. The quantitative estimate of drug-likeness (QED) is 0.693. The summed E-state index contributed by atoms with van der Waals surface area (Å²) >= 11 is 0. The number of amides is 2. The van der Waals surface area contributed by atoms with Crippen molar-refractivity contribution in [3.8, 4) is 5.75 Å². The minimum Gasteiger partial charge on any atom is -0.459 e. The number of halogens is 2. The molecule has 0 aliphatic heterocycles. The Morgan fingerprint density at radius 1 is 1.23 bits per heavy atom. The van der Waals surface area contributed by atoms with Gasteiger partial charge >= 0.3 is 6.61 Å². The number of carbonyl (C=O) groups is 2. The number of furan rings is 1. The summed E-state index contributed by atoms with van der Waals surface area (Å²) in [6.07, 6.45) is 2.19. The minimum atomic E-state index is -2.86. The zero-order valence-corrected chi connectivity index (χ0v) is 14.3. The molecule has 2 aromatic rings. The van der Waals surface area contributed by atoms with Gasteiger partial charge in [0.15, 0.2) is 5.76 Å². The lowest BCUT2D eigenvalue weighted by Crippen LogP contribution is -2.28. The number of carbonyl (C=O) groups excluding carboxylic acids is 2. The molecule has 26 heavy (non-hydrogen) atoms. The lowest BCUT2D eigenvalue weighted by Gasteiger charge is -2.17. The van der Waals surface area contributed by atoms with Crippen LogP contribution in [0.3, 0.4) is 0 Å². The predicted molar refractivity (Wildman–Crippen MR) is 89.8 cm³/mol. The van der Waals surface area contributed by atoms with Crippen LogP contribution in [0.5, 0.6) is 5.75 Å². The molecule has 0 atom stereocenters. The number of rotatable bonds is 9. The summed E-state index contributed by atoms with van der Waals surface area (Å²) in [5, 5.41) is 2.67. The Hall–Kier alpha value is -2.90. The van der Waals surface area contributed by atoms with E-state index in [1.807, 2.05) is 0 Å². The van der Waals surface area contributed by atoms with Crippen LogP contribution in [-0.4, -0.2) is 36.9 Å². The molecular weight excluding hydrogens is 346 g/mol. The number of hydrogen-bond acceptors (Lipinski definition) is 4. The number of hydrogen-bond donors (Lipinski definition) is 1. The van der Waals surface area contributed by atoms with Crippen molar-refractivity contribution in [3.05, 3.63) is 54.0 Å². The third kappa shape index (κ3) is 6.19. The predicted octanol–water partition coefficient (Wildman–Crippen LogP) is 3.05. The van der Waals surface area contributed by atoms with Crippen LogP contribution in [0.15, 0.2) is 47.1 Å². The summed E-state index contributed by atoms with van der Waals surface area (Å²) < 4.78 is 33.5. The maximum absolute atomic E-state index is 12.1. The summed E-state index contributed by atoms with van der Waals surface area (Å²) in [6.45, 7) is -2.15. The van der Waals surface area contributed by atoms with Crippen LogP contribution in [0.25, 0.3) is 0 Å². The molecule has 6 nitrogen and oxygen atoms in total. The van der Waals surface area contributed by atoms with Crippen molar-refractivity contribution in [2.45, 2.75) is 26.0 Å². The van der Waals surface area contributed by atoms with Gasteiger partial charge in [0.1, 0.15) is 5.75 Å². The van der Waals surface area contributed by atoms with Crippen LogP contribution in [-0.2, 0) is 11.3 Å². The SMILES string of the molecule is CN(Cc1ccc(OC(F)F)cc1)C(=O)CCCNC(=O)c1ccco1. The molecule has 1 N–H and O–H groups in total. The van der Waals surface area contributed by atoms with Crippen molar-refractivity contribution in [2.24, 2.45) is 0 Å². The van der Waals surface area contributed by atoms with Crippen LogP contribution < -0.4 is 10.1 Å². The Kier molecular flexibility index (Phi) is 7.13. The minimum absolute atomic E-state index is 0.0741. The number of alkyl halides is 2. The first kappa shape index (κ1) is 19.4. The van der Waals surface area contributed by atoms with Crippen molar-refractivity contribution in [1.29, 1.82) is 0 Å². The van der Waals surface area contributed by atoms with E-state index in [1.165, 1.54) is 23.3 Å². The van der Waals surface area contributed by atoms with E-state index < -0.39 is 6.61 Å². The Bertz CT molecular complexity index is 702. The Labute approximate surface area is 149 Å². The summed E-state index contributed by atoms with van der Waals surface area (Å²) in [7, 11) is 1.66. The third-order valence-corrected chi connectivity index (χ3v) is 3.59. The second kappa shape index (κ2) is 9.55. The van der Waals surface area contributed by atoms with Gasteiger partial charge in [0.05, 0.1) is 6.26 Å². The Morgan fingerprint density at radius 3 is 2.58 bits per heavy atom. The molecule has 0 saturated heterocycles. The maximum Gasteiger partial charge on any atom is 0.387 e. The van der Waals surface area contributed by atoms with Gasteiger partial charge in [0.25, 0.3) is 5.91 Å². The van der Waals surface area contributed by atoms with Crippen LogP contribution in [0.4, 0.5) is 8.78 Å². The zero-order chi connectivity index (χ0) is 18.9. The number of nitrogens with zero attached hydrogens (tertiary/aromatic N) is 1. The number of nitrogens with one attached hydrogen (secondary N) is 1. The van der Waals surface area contributed by atoms with Crippen molar-refractivity contribution >= 4 is 11.8 Å². The highest BCUT2D eigenvalue weighted by atomic mass is 19.3. The molecule has 0 bridgehead atoms. The summed E-state index contributed by atoms with van der Waals surface area (Å²) in [6, 6.07) is 9.32. The van der Waals surface area contributed by atoms with E-state index in [2.05, 4.69) is 10.1 Å². The van der Waals surface area contributed by atoms with E-state index in [0.29, 0.717) is 19.5 Å². The second-order valence-electron chi connectivity index (χ2n) is 5.61. The highest BCUT2D eigenvalue weighted by Crippen LogP contribution is 2.16. The summed E-state index contributed by atoms with van der Waals surface area (Å²) in [5.41, 5.74) is 0.800. The van der Waals surface area contributed by atoms with E-state index in [9.17, 15) is 18.4 Å². The molecule has 0 fully saturated rings. The van der Waals surface area contributed by atoms with Crippen molar-refractivity contribution in [1.82, 2.24) is 10.2 Å². The summed E-state index contributed by atoms with van der Waals surface area (Å²) in [4.78, 5) is 25.3. The maximum atomic E-state index is 12.1. The standard InChI is InChI=1S/C18H20F2N2O4/c1-22(12-13-6-8-14(9-7-13)26-18(19)20)16(23)5-2-10-21-17(24)15-4-3-11-25-15/h3-4,6-9,11,18H,2,5,10,12H2,1H3,(H,21,24). The number of benzene rings is 1. The third-order valence-electron chi connectivity index (χ3n) is 3.59.